The normalized spacial score (nSPS) is 12.2. The molecule has 0 N–H and O–H groups in total. The number of benzene rings is 1. The number of hydrogen-bond donors (Lipinski definition) is 0. The third kappa shape index (κ3) is 2.20. The lowest BCUT2D eigenvalue weighted by Gasteiger charge is -2.09. The zero-order valence-electron chi connectivity index (χ0n) is 8.08. The molecule has 0 saturated heterocycles. The number of carbonyl (C=O) groups is 2. The zero-order valence-corrected chi connectivity index (χ0v) is 8.84. The van der Waals surface area contributed by atoms with Crippen LogP contribution in [0.3, 0.4) is 0 Å². The maximum Gasteiger partial charge on any atom is 0.152 e. The van der Waals surface area contributed by atoms with Gasteiger partial charge < -0.3 is 0 Å². The fourth-order valence-electron chi connectivity index (χ4n) is 1.24. The van der Waals surface area contributed by atoms with Gasteiger partial charge in [0.25, 0.3) is 0 Å². The van der Waals surface area contributed by atoms with Gasteiger partial charge in [-0.2, -0.15) is 0 Å². The second-order valence-electron chi connectivity index (χ2n) is 3.22. The third-order valence-electron chi connectivity index (χ3n) is 2.00. The van der Waals surface area contributed by atoms with E-state index in [0.29, 0.717) is 17.4 Å². The average molecular weight is 211 g/mol. The summed E-state index contributed by atoms with van der Waals surface area (Å²) in [6.45, 7) is 3.30. The van der Waals surface area contributed by atoms with Gasteiger partial charge in [0, 0.05) is 5.56 Å². The predicted octanol–water partition coefficient (Wildman–Crippen LogP) is 2.68. The number of aryl methyl sites for hydroxylation is 1. The molecule has 3 heteroatoms. The van der Waals surface area contributed by atoms with Crippen molar-refractivity contribution in [1.29, 1.82) is 0 Å². The summed E-state index contributed by atoms with van der Waals surface area (Å²) >= 11 is 5.89. The van der Waals surface area contributed by atoms with Gasteiger partial charge in [-0.25, -0.2) is 0 Å². The summed E-state index contributed by atoms with van der Waals surface area (Å²) in [5, 5.41) is -0.727. The van der Waals surface area contributed by atoms with E-state index in [0.717, 1.165) is 5.56 Å². The highest BCUT2D eigenvalue weighted by Gasteiger charge is 2.16. The molecule has 0 aliphatic carbocycles. The van der Waals surface area contributed by atoms with Crippen LogP contribution in [0.5, 0.6) is 0 Å². The first-order chi connectivity index (χ1) is 6.56. The van der Waals surface area contributed by atoms with Gasteiger partial charge in [-0.1, -0.05) is 23.8 Å². The van der Waals surface area contributed by atoms with Crippen molar-refractivity contribution < 1.29 is 9.59 Å². The fraction of sp³-hybridized carbons (Fsp3) is 0.273. The molecular formula is C11H11ClO2. The summed E-state index contributed by atoms with van der Waals surface area (Å²) in [5.74, 6) is -0.152. The Morgan fingerprint density at radius 3 is 2.64 bits per heavy atom. The summed E-state index contributed by atoms with van der Waals surface area (Å²) in [7, 11) is 0. The first kappa shape index (κ1) is 10.9. The lowest BCUT2D eigenvalue weighted by molar-refractivity contribution is -0.116. The van der Waals surface area contributed by atoms with Crippen molar-refractivity contribution in [3.63, 3.8) is 0 Å². The predicted molar refractivity (Wildman–Crippen MR) is 55.8 cm³/mol. The molecule has 1 unspecified atom stereocenters. The smallest absolute Gasteiger partial charge is 0.152 e. The van der Waals surface area contributed by atoms with Crippen LogP contribution in [0.1, 0.15) is 33.8 Å². The van der Waals surface area contributed by atoms with Crippen LogP contribution in [-0.2, 0) is 4.79 Å². The standard InChI is InChI=1S/C11H11ClO2/c1-7-3-4-9(6-13)10(5-7)11(12)8(2)14/h3-6,11H,1-2H3. The summed E-state index contributed by atoms with van der Waals surface area (Å²) in [4.78, 5) is 21.8. The van der Waals surface area contributed by atoms with E-state index in [2.05, 4.69) is 0 Å². The van der Waals surface area contributed by atoms with Gasteiger partial charge >= 0.3 is 0 Å². The number of hydrogen-bond acceptors (Lipinski definition) is 2. The molecule has 74 valence electrons. The lowest BCUT2D eigenvalue weighted by atomic mass is 10.0. The third-order valence-corrected chi connectivity index (χ3v) is 2.54. The Morgan fingerprint density at radius 1 is 1.50 bits per heavy atom. The molecule has 2 nitrogen and oxygen atoms in total. The quantitative estimate of drug-likeness (QED) is 0.568. The van der Waals surface area contributed by atoms with Crippen molar-refractivity contribution in [3.8, 4) is 0 Å². The SMILES string of the molecule is CC(=O)C(Cl)c1cc(C)ccc1C=O. The monoisotopic (exact) mass is 210 g/mol. The first-order valence-corrected chi connectivity index (χ1v) is 4.70. The minimum absolute atomic E-state index is 0.152. The van der Waals surface area contributed by atoms with E-state index in [1.165, 1.54) is 6.92 Å². The van der Waals surface area contributed by atoms with Crippen LogP contribution in [0, 0.1) is 6.92 Å². The van der Waals surface area contributed by atoms with E-state index in [4.69, 9.17) is 11.6 Å². The second kappa shape index (κ2) is 4.38. The molecule has 1 aromatic rings. The average Bonchev–Trinajstić information content (AvgIpc) is 2.16. The van der Waals surface area contributed by atoms with Gasteiger partial charge in [0.05, 0.1) is 0 Å². The van der Waals surface area contributed by atoms with Crippen molar-refractivity contribution in [1.82, 2.24) is 0 Å². The van der Waals surface area contributed by atoms with Gasteiger partial charge in [-0.05, 0) is 19.4 Å². The molecule has 0 spiro atoms. The summed E-state index contributed by atoms with van der Waals surface area (Å²) < 4.78 is 0. The van der Waals surface area contributed by atoms with Crippen LogP contribution >= 0.6 is 11.6 Å². The van der Waals surface area contributed by atoms with E-state index < -0.39 is 5.38 Å². The summed E-state index contributed by atoms with van der Waals surface area (Å²) in [5.41, 5.74) is 2.05. The molecule has 0 fully saturated rings. The number of alkyl halides is 1. The van der Waals surface area contributed by atoms with E-state index in [1.54, 1.807) is 12.1 Å². The van der Waals surface area contributed by atoms with Crippen LogP contribution in [-0.4, -0.2) is 12.1 Å². The largest absolute Gasteiger partial charge is 0.298 e. The molecule has 14 heavy (non-hydrogen) atoms. The Labute approximate surface area is 87.9 Å². The molecule has 0 heterocycles. The molecule has 0 aromatic heterocycles. The first-order valence-electron chi connectivity index (χ1n) is 4.26. The molecular weight excluding hydrogens is 200 g/mol. The van der Waals surface area contributed by atoms with E-state index in [-0.39, 0.29) is 5.78 Å². The molecule has 1 rings (SSSR count). The number of aldehydes is 1. The van der Waals surface area contributed by atoms with E-state index >= 15 is 0 Å². The highest BCUT2D eigenvalue weighted by Crippen LogP contribution is 2.25. The maximum atomic E-state index is 11.1. The van der Waals surface area contributed by atoms with Crippen molar-refractivity contribution in [2.45, 2.75) is 19.2 Å². The molecule has 0 saturated carbocycles. The number of ketones is 1. The highest BCUT2D eigenvalue weighted by atomic mass is 35.5. The van der Waals surface area contributed by atoms with Crippen molar-refractivity contribution >= 4 is 23.7 Å². The highest BCUT2D eigenvalue weighted by molar-refractivity contribution is 6.31. The zero-order chi connectivity index (χ0) is 10.7. The molecule has 0 radical (unpaired) electrons. The molecule has 1 aromatic carbocycles. The number of carbonyl (C=O) groups excluding carboxylic acids is 2. The molecule has 0 amide bonds. The van der Waals surface area contributed by atoms with Crippen molar-refractivity contribution in [2.75, 3.05) is 0 Å². The summed E-state index contributed by atoms with van der Waals surface area (Å²) in [6, 6.07) is 5.26. The molecule has 0 bridgehead atoms. The Balaban J connectivity index is 3.23. The minimum Gasteiger partial charge on any atom is -0.298 e. The van der Waals surface area contributed by atoms with E-state index in [1.807, 2.05) is 13.0 Å². The molecule has 0 aliphatic rings. The van der Waals surface area contributed by atoms with Crippen LogP contribution in [0.4, 0.5) is 0 Å². The Morgan fingerprint density at radius 2 is 2.14 bits per heavy atom. The Kier molecular flexibility index (Phi) is 3.42. The van der Waals surface area contributed by atoms with Crippen molar-refractivity contribution in [2.24, 2.45) is 0 Å². The second-order valence-corrected chi connectivity index (χ2v) is 3.66. The van der Waals surface area contributed by atoms with Gasteiger partial charge in [-0.3, -0.25) is 9.59 Å². The molecule has 1 atom stereocenters. The lowest BCUT2D eigenvalue weighted by Crippen LogP contribution is -2.05. The van der Waals surface area contributed by atoms with Crippen molar-refractivity contribution in [3.05, 3.63) is 34.9 Å². The summed E-state index contributed by atoms with van der Waals surface area (Å²) in [6.07, 6.45) is 0.715. The van der Waals surface area contributed by atoms with Gasteiger partial charge in [0.1, 0.15) is 11.7 Å². The topological polar surface area (TPSA) is 34.1 Å². The van der Waals surface area contributed by atoms with Gasteiger partial charge in [0.15, 0.2) is 5.78 Å². The van der Waals surface area contributed by atoms with Crippen LogP contribution in [0.25, 0.3) is 0 Å². The number of Topliss-reactive ketones (excluding diaryl/α,β-unsaturated/α-hetero) is 1. The van der Waals surface area contributed by atoms with Crippen LogP contribution in [0.2, 0.25) is 0 Å². The fourth-order valence-corrected chi connectivity index (χ4v) is 1.43. The Bertz CT molecular complexity index is 372. The van der Waals surface area contributed by atoms with E-state index in [9.17, 15) is 9.59 Å². The number of halogens is 1. The van der Waals surface area contributed by atoms with Crippen LogP contribution < -0.4 is 0 Å². The number of rotatable bonds is 3. The van der Waals surface area contributed by atoms with Gasteiger partial charge in [0.2, 0.25) is 0 Å². The Hall–Kier alpha value is -1.15. The van der Waals surface area contributed by atoms with Gasteiger partial charge in [-0.15, -0.1) is 11.6 Å². The minimum atomic E-state index is -0.727. The maximum absolute atomic E-state index is 11.1. The molecule has 0 aliphatic heterocycles. The van der Waals surface area contributed by atoms with Crippen LogP contribution in [0.15, 0.2) is 18.2 Å².